The lowest BCUT2D eigenvalue weighted by Crippen LogP contribution is -2.31. The molecule has 1 unspecified atom stereocenters. The van der Waals surface area contributed by atoms with Gasteiger partial charge in [-0.25, -0.2) is 4.68 Å². The number of aromatic nitrogens is 2. The smallest absolute Gasteiger partial charge is 0.266 e. The minimum atomic E-state index is -0.0667. The third kappa shape index (κ3) is 3.78. The van der Waals surface area contributed by atoms with Gasteiger partial charge in [0.1, 0.15) is 0 Å². The van der Waals surface area contributed by atoms with Crippen molar-refractivity contribution in [3.05, 3.63) is 64.1 Å². The van der Waals surface area contributed by atoms with E-state index in [0.29, 0.717) is 6.54 Å². The Labute approximate surface area is 119 Å². The van der Waals surface area contributed by atoms with Crippen LogP contribution in [0, 0.1) is 6.92 Å². The highest BCUT2D eigenvalue weighted by Crippen LogP contribution is 2.15. The minimum absolute atomic E-state index is 0.0667. The first-order valence-electron chi connectivity index (χ1n) is 7.03. The van der Waals surface area contributed by atoms with Crippen LogP contribution in [0.5, 0.6) is 0 Å². The van der Waals surface area contributed by atoms with Gasteiger partial charge in [-0.05, 0) is 31.5 Å². The summed E-state index contributed by atoms with van der Waals surface area (Å²) in [4.78, 5) is 11.8. The summed E-state index contributed by atoms with van der Waals surface area (Å²) in [5, 5.41) is 7.61. The average Bonchev–Trinajstić information content (AvgIpc) is 2.46. The van der Waals surface area contributed by atoms with E-state index in [-0.39, 0.29) is 11.6 Å². The fourth-order valence-corrected chi connectivity index (χ4v) is 2.10. The lowest BCUT2D eigenvalue weighted by molar-refractivity contribution is 0.426. The van der Waals surface area contributed by atoms with Gasteiger partial charge in [0.25, 0.3) is 5.56 Å². The molecule has 1 N–H and O–H groups in total. The summed E-state index contributed by atoms with van der Waals surface area (Å²) in [6.07, 6.45) is 2.70. The van der Waals surface area contributed by atoms with Crippen molar-refractivity contribution in [2.75, 3.05) is 6.54 Å². The van der Waals surface area contributed by atoms with Crippen molar-refractivity contribution < 1.29 is 0 Å². The predicted octanol–water partition coefficient (Wildman–Crippen LogP) is 2.29. The molecular formula is C16H21N3O. The molecule has 0 saturated heterocycles. The Morgan fingerprint density at radius 2 is 2.00 bits per heavy atom. The number of aryl methyl sites for hydroxylation is 1. The number of nitrogens with zero attached hydrogens (tertiary/aromatic N) is 2. The Hall–Kier alpha value is -1.94. The molecule has 0 amide bonds. The van der Waals surface area contributed by atoms with Crippen molar-refractivity contribution in [2.24, 2.45) is 0 Å². The molecule has 1 aromatic carbocycles. The minimum Gasteiger partial charge on any atom is -0.308 e. The van der Waals surface area contributed by atoms with E-state index in [1.165, 1.54) is 15.8 Å². The maximum Gasteiger partial charge on any atom is 0.266 e. The van der Waals surface area contributed by atoms with Crippen molar-refractivity contribution in [3.8, 4) is 0 Å². The molecule has 1 atom stereocenters. The average molecular weight is 271 g/mol. The first-order valence-corrected chi connectivity index (χ1v) is 7.03. The molecule has 20 heavy (non-hydrogen) atoms. The predicted molar refractivity (Wildman–Crippen MR) is 80.7 cm³/mol. The Kier molecular flexibility index (Phi) is 5.07. The molecule has 0 radical (unpaired) electrons. The number of rotatable bonds is 6. The molecule has 0 aliphatic carbocycles. The first kappa shape index (κ1) is 14.5. The molecule has 0 fully saturated rings. The van der Waals surface area contributed by atoms with Gasteiger partial charge in [-0.2, -0.15) is 5.10 Å². The number of hydrogen-bond acceptors (Lipinski definition) is 3. The van der Waals surface area contributed by atoms with Crippen LogP contribution >= 0.6 is 0 Å². The molecule has 2 rings (SSSR count). The number of hydrogen-bond donors (Lipinski definition) is 1. The molecule has 0 spiro atoms. The van der Waals surface area contributed by atoms with Crippen LogP contribution in [0.25, 0.3) is 0 Å². The van der Waals surface area contributed by atoms with E-state index in [1.807, 2.05) is 0 Å². The normalized spacial score (nSPS) is 12.3. The maximum absolute atomic E-state index is 11.8. The zero-order valence-corrected chi connectivity index (χ0v) is 12.0. The molecule has 0 aliphatic heterocycles. The quantitative estimate of drug-likeness (QED) is 0.877. The van der Waals surface area contributed by atoms with Crippen molar-refractivity contribution in [2.45, 2.75) is 32.9 Å². The van der Waals surface area contributed by atoms with Gasteiger partial charge in [0.05, 0.1) is 12.6 Å². The molecule has 2 aromatic rings. The van der Waals surface area contributed by atoms with Gasteiger partial charge in [-0.15, -0.1) is 0 Å². The molecule has 1 heterocycles. The van der Waals surface area contributed by atoms with E-state index in [0.717, 1.165) is 13.0 Å². The SMILES string of the molecule is CCCNC(Cn1ncccc1=O)c1ccc(C)cc1. The van der Waals surface area contributed by atoms with Crippen LogP contribution in [-0.4, -0.2) is 16.3 Å². The van der Waals surface area contributed by atoms with E-state index >= 15 is 0 Å². The second-order valence-electron chi connectivity index (χ2n) is 4.96. The summed E-state index contributed by atoms with van der Waals surface area (Å²) >= 11 is 0. The highest BCUT2D eigenvalue weighted by molar-refractivity contribution is 5.24. The van der Waals surface area contributed by atoms with Gasteiger partial charge >= 0.3 is 0 Å². The van der Waals surface area contributed by atoms with Crippen LogP contribution in [0.15, 0.2) is 47.4 Å². The maximum atomic E-state index is 11.8. The molecule has 0 saturated carbocycles. The summed E-state index contributed by atoms with van der Waals surface area (Å²) in [6.45, 7) is 5.66. The van der Waals surface area contributed by atoms with Crippen LogP contribution in [-0.2, 0) is 6.54 Å². The monoisotopic (exact) mass is 271 g/mol. The van der Waals surface area contributed by atoms with Crippen molar-refractivity contribution >= 4 is 0 Å². The summed E-state index contributed by atoms with van der Waals surface area (Å²) in [5.74, 6) is 0. The molecule has 0 bridgehead atoms. The lowest BCUT2D eigenvalue weighted by Gasteiger charge is -2.19. The van der Waals surface area contributed by atoms with Crippen LogP contribution in [0.1, 0.15) is 30.5 Å². The standard InChI is InChI=1S/C16H21N3O/c1-3-10-17-15(14-8-6-13(2)7-9-14)12-19-16(20)5-4-11-18-19/h4-9,11,15,17H,3,10,12H2,1-2H3. The topological polar surface area (TPSA) is 46.9 Å². The summed E-state index contributed by atoms with van der Waals surface area (Å²) in [7, 11) is 0. The van der Waals surface area contributed by atoms with Crippen LogP contribution in [0.2, 0.25) is 0 Å². The van der Waals surface area contributed by atoms with E-state index in [4.69, 9.17) is 0 Å². The largest absolute Gasteiger partial charge is 0.308 e. The Morgan fingerprint density at radius 1 is 1.25 bits per heavy atom. The second-order valence-corrected chi connectivity index (χ2v) is 4.96. The van der Waals surface area contributed by atoms with Crippen molar-refractivity contribution in [1.82, 2.24) is 15.1 Å². The molecule has 4 nitrogen and oxygen atoms in total. The highest BCUT2D eigenvalue weighted by atomic mass is 16.1. The van der Waals surface area contributed by atoms with Gasteiger partial charge < -0.3 is 5.32 Å². The second kappa shape index (κ2) is 7.01. The first-order chi connectivity index (χ1) is 9.70. The Balaban J connectivity index is 2.21. The van der Waals surface area contributed by atoms with Crippen molar-refractivity contribution in [3.63, 3.8) is 0 Å². The molecule has 4 heteroatoms. The van der Waals surface area contributed by atoms with E-state index in [9.17, 15) is 4.79 Å². The Bertz CT molecular complexity index is 589. The van der Waals surface area contributed by atoms with Crippen LogP contribution in [0.4, 0.5) is 0 Å². The Morgan fingerprint density at radius 3 is 2.65 bits per heavy atom. The van der Waals surface area contributed by atoms with Gasteiger partial charge in [-0.3, -0.25) is 4.79 Å². The van der Waals surface area contributed by atoms with Crippen LogP contribution in [0.3, 0.4) is 0 Å². The summed E-state index contributed by atoms with van der Waals surface area (Å²) < 4.78 is 1.51. The van der Waals surface area contributed by atoms with Crippen LogP contribution < -0.4 is 10.9 Å². The fraction of sp³-hybridized carbons (Fsp3) is 0.375. The molecule has 1 aromatic heterocycles. The summed E-state index contributed by atoms with van der Waals surface area (Å²) in [6, 6.07) is 11.7. The third-order valence-corrected chi connectivity index (χ3v) is 3.26. The third-order valence-electron chi connectivity index (χ3n) is 3.26. The van der Waals surface area contributed by atoms with E-state index in [2.05, 4.69) is 48.5 Å². The zero-order chi connectivity index (χ0) is 14.4. The highest BCUT2D eigenvalue weighted by Gasteiger charge is 2.12. The van der Waals surface area contributed by atoms with Gasteiger partial charge in [0.15, 0.2) is 0 Å². The van der Waals surface area contributed by atoms with Crippen molar-refractivity contribution in [1.29, 1.82) is 0 Å². The molecule has 106 valence electrons. The zero-order valence-electron chi connectivity index (χ0n) is 12.0. The number of benzene rings is 1. The molecular weight excluding hydrogens is 250 g/mol. The van der Waals surface area contributed by atoms with E-state index in [1.54, 1.807) is 18.3 Å². The lowest BCUT2D eigenvalue weighted by atomic mass is 10.0. The van der Waals surface area contributed by atoms with Gasteiger partial charge in [-0.1, -0.05) is 36.8 Å². The van der Waals surface area contributed by atoms with Gasteiger partial charge in [0.2, 0.25) is 0 Å². The summed E-state index contributed by atoms with van der Waals surface area (Å²) in [5.41, 5.74) is 2.35. The number of nitrogens with one attached hydrogen (secondary N) is 1. The van der Waals surface area contributed by atoms with E-state index < -0.39 is 0 Å². The fourth-order valence-electron chi connectivity index (χ4n) is 2.10. The molecule has 0 aliphatic rings. The van der Waals surface area contributed by atoms with Gasteiger partial charge in [0, 0.05) is 12.3 Å².